The lowest BCUT2D eigenvalue weighted by atomic mass is 10.2. The average Bonchev–Trinajstić information content (AvgIpc) is 2.40. The molecule has 0 amide bonds. The summed E-state index contributed by atoms with van der Waals surface area (Å²) in [5.41, 5.74) is 2.73. The normalized spacial score (nSPS) is 10.1. The molecule has 18 heavy (non-hydrogen) atoms. The predicted octanol–water partition coefficient (Wildman–Crippen LogP) is 3.51. The maximum absolute atomic E-state index is 9.07. The largest absolute Gasteiger partial charge is 0.392 e. The monoisotopic (exact) mass is 255 g/mol. The van der Waals surface area contributed by atoms with E-state index in [4.69, 9.17) is 10.4 Å². The highest BCUT2D eigenvalue weighted by molar-refractivity contribution is 7.99. The van der Waals surface area contributed by atoms with Crippen LogP contribution < -0.4 is 0 Å². The van der Waals surface area contributed by atoms with Gasteiger partial charge in [0.1, 0.15) is 6.07 Å². The highest BCUT2D eigenvalue weighted by Gasteiger charge is 2.04. The summed E-state index contributed by atoms with van der Waals surface area (Å²) in [5.74, 6) is 0. The molecule has 0 fully saturated rings. The van der Waals surface area contributed by atoms with Crippen LogP contribution in [-0.4, -0.2) is 5.11 Å². The smallest absolute Gasteiger partial charge is 0.100 e. The van der Waals surface area contributed by atoms with Gasteiger partial charge in [-0.3, -0.25) is 0 Å². The summed E-state index contributed by atoms with van der Waals surface area (Å²) in [6.45, 7) is 2.07. The number of hydrogen-bond donors (Lipinski definition) is 1. The first-order valence-electron chi connectivity index (χ1n) is 5.61. The van der Waals surface area contributed by atoms with Gasteiger partial charge < -0.3 is 5.11 Å². The van der Waals surface area contributed by atoms with E-state index in [0.717, 1.165) is 20.9 Å². The summed E-state index contributed by atoms with van der Waals surface area (Å²) in [7, 11) is 0. The van der Waals surface area contributed by atoms with E-state index in [2.05, 4.69) is 6.07 Å². The zero-order valence-electron chi connectivity index (χ0n) is 10.1. The number of aryl methyl sites for hydroxylation is 1. The van der Waals surface area contributed by atoms with Crippen molar-refractivity contribution >= 4 is 11.8 Å². The van der Waals surface area contributed by atoms with Crippen molar-refractivity contribution in [1.82, 2.24) is 0 Å². The Morgan fingerprint density at radius 2 is 1.89 bits per heavy atom. The maximum atomic E-state index is 9.07. The molecule has 0 atom stereocenters. The van der Waals surface area contributed by atoms with Gasteiger partial charge in [0.25, 0.3) is 0 Å². The van der Waals surface area contributed by atoms with Gasteiger partial charge in [-0.2, -0.15) is 5.26 Å². The van der Waals surface area contributed by atoms with Gasteiger partial charge in [0.15, 0.2) is 0 Å². The van der Waals surface area contributed by atoms with E-state index < -0.39 is 0 Å². The number of rotatable bonds is 3. The second-order valence-electron chi connectivity index (χ2n) is 4.02. The molecule has 2 aromatic rings. The van der Waals surface area contributed by atoms with E-state index in [0.29, 0.717) is 5.56 Å². The highest BCUT2D eigenvalue weighted by Crippen LogP contribution is 2.31. The standard InChI is InChI=1S/C15H13NOS/c1-11-2-5-13(9-16)15(8-11)18-14-6-3-12(10-17)4-7-14/h2-8,17H,10H2,1H3. The fourth-order valence-electron chi connectivity index (χ4n) is 1.60. The van der Waals surface area contributed by atoms with Crippen molar-refractivity contribution in [1.29, 1.82) is 5.26 Å². The number of nitrogens with zero attached hydrogens (tertiary/aromatic N) is 1. The maximum Gasteiger partial charge on any atom is 0.100 e. The van der Waals surface area contributed by atoms with E-state index in [9.17, 15) is 0 Å². The van der Waals surface area contributed by atoms with Crippen LogP contribution in [0.3, 0.4) is 0 Å². The van der Waals surface area contributed by atoms with Crippen LogP contribution in [-0.2, 0) is 6.61 Å². The molecule has 0 saturated carbocycles. The van der Waals surface area contributed by atoms with Crippen LogP contribution in [0, 0.1) is 18.3 Å². The van der Waals surface area contributed by atoms with Gasteiger partial charge >= 0.3 is 0 Å². The molecule has 0 aliphatic carbocycles. The molecule has 0 heterocycles. The van der Waals surface area contributed by atoms with E-state index >= 15 is 0 Å². The number of nitriles is 1. The topological polar surface area (TPSA) is 44.0 Å². The second kappa shape index (κ2) is 5.72. The van der Waals surface area contributed by atoms with Crippen molar-refractivity contribution in [3.05, 3.63) is 59.2 Å². The van der Waals surface area contributed by atoms with Gasteiger partial charge in [-0.15, -0.1) is 0 Å². The molecule has 0 aromatic heterocycles. The number of benzene rings is 2. The van der Waals surface area contributed by atoms with Gasteiger partial charge in [-0.1, -0.05) is 30.0 Å². The Morgan fingerprint density at radius 1 is 1.17 bits per heavy atom. The number of hydrogen-bond acceptors (Lipinski definition) is 3. The zero-order valence-corrected chi connectivity index (χ0v) is 10.9. The van der Waals surface area contributed by atoms with E-state index in [1.165, 1.54) is 0 Å². The molecule has 0 aliphatic rings. The van der Waals surface area contributed by atoms with Crippen LogP contribution in [0.5, 0.6) is 0 Å². The van der Waals surface area contributed by atoms with E-state index in [1.807, 2.05) is 49.4 Å². The van der Waals surface area contributed by atoms with Crippen molar-refractivity contribution in [2.75, 3.05) is 0 Å². The Morgan fingerprint density at radius 3 is 2.50 bits per heavy atom. The minimum atomic E-state index is 0.0544. The Hall–Kier alpha value is -1.76. The minimum absolute atomic E-state index is 0.0544. The Labute approximate surface area is 111 Å². The molecule has 0 radical (unpaired) electrons. The predicted molar refractivity (Wildman–Crippen MR) is 72.4 cm³/mol. The molecular formula is C15H13NOS. The molecule has 0 bridgehead atoms. The van der Waals surface area contributed by atoms with Crippen LogP contribution in [0.25, 0.3) is 0 Å². The summed E-state index contributed by atoms with van der Waals surface area (Å²) in [6, 6.07) is 15.7. The molecule has 1 N–H and O–H groups in total. The van der Waals surface area contributed by atoms with Gasteiger partial charge in [0.05, 0.1) is 12.2 Å². The van der Waals surface area contributed by atoms with Gasteiger partial charge in [0.2, 0.25) is 0 Å². The number of aliphatic hydroxyl groups is 1. The lowest BCUT2D eigenvalue weighted by Crippen LogP contribution is -1.85. The van der Waals surface area contributed by atoms with Gasteiger partial charge in [-0.25, -0.2) is 0 Å². The first-order valence-corrected chi connectivity index (χ1v) is 6.43. The third-order valence-corrected chi connectivity index (χ3v) is 3.66. The molecule has 0 saturated heterocycles. The zero-order chi connectivity index (χ0) is 13.0. The van der Waals surface area contributed by atoms with Gasteiger partial charge in [-0.05, 0) is 42.3 Å². The number of aliphatic hydroxyl groups excluding tert-OH is 1. The summed E-state index contributed by atoms with van der Waals surface area (Å²) in [4.78, 5) is 2.03. The Kier molecular flexibility index (Phi) is 4.03. The molecule has 2 aromatic carbocycles. The highest BCUT2D eigenvalue weighted by atomic mass is 32.2. The fourth-order valence-corrected chi connectivity index (χ4v) is 2.59. The van der Waals surface area contributed by atoms with Crippen LogP contribution in [0.1, 0.15) is 16.7 Å². The molecule has 2 nitrogen and oxygen atoms in total. The van der Waals surface area contributed by atoms with E-state index in [-0.39, 0.29) is 6.61 Å². The first-order chi connectivity index (χ1) is 8.72. The molecule has 3 heteroatoms. The minimum Gasteiger partial charge on any atom is -0.392 e. The van der Waals surface area contributed by atoms with Crippen molar-refractivity contribution in [2.24, 2.45) is 0 Å². The third kappa shape index (κ3) is 2.92. The third-order valence-electron chi connectivity index (χ3n) is 2.59. The molecule has 90 valence electrons. The van der Waals surface area contributed by atoms with Crippen LogP contribution in [0.15, 0.2) is 52.3 Å². The Balaban J connectivity index is 2.27. The average molecular weight is 255 g/mol. The first kappa shape index (κ1) is 12.7. The lowest BCUT2D eigenvalue weighted by molar-refractivity contribution is 0.282. The summed E-state index contributed by atoms with van der Waals surface area (Å²) >= 11 is 1.57. The van der Waals surface area contributed by atoms with E-state index in [1.54, 1.807) is 11.8 Å². The molecular weight excluding hydrogens is 242 g/mol. The fraction of sp³-hybridized carbons (Fsp3) is 0.133. The summed E-state index contributed by atoms with van der Waals surface area (Å²) < 4.78 is 0. The second-order valence-corrected chi connectivity index (χ2v) is 5.13. The summed E-state index contributed by atoms with van der Waals surface area (Å²) in [6.07, 6.45) is 0. The molecule has 0 spiro atoms. The quantitative estimate of drug-likeness (QED) is 0.912. The van der Waals surface area contributed by atoms with Crippen molar-refractivity contribution < 1.29 is 5.11 Å². The summed E-state index contributed by atoms with van der Waals surface area (Å²) in [5, 5.41) is 18.1. The van der Waals surface area contributed by atoms with Crippen LogP contribution >= 0.6 is 11.8 Å². The molecule has 2 rings (SSSR count). The van der Waals surface area contributed by atoms with Crippen LogP contribution in [0.4, 0.5) is 0 Å². The molecule has 0 aliphatic heterocycles. The Bertz CT molecular complexity index is 584. The van der Waals surface area contributed by atoms with Crippen LogP contribution in [0.2, 0.25) is 0 Å². The SMILES string of the molecule is Cc1ccc(C#N)c(Sc2ccc(CO)cc2)c1. The van der Waals surface area contributed by atoms with Crippen molar-refractivity contribution in [2.45, 2.75) is 23.3 Å². The lowest BCUT2D eigenvalue weighted by Gasteiger charge is -2.05. The van der Waals surface area contributed by atoms with Gasteiger partial charge in [0, 0.05) is 9.79 Å². The molecule has 0 unspecified atom stereocenters. The van der Waals surface area contributed by atoms with Crippen molar-refractivity contribution in [3.8, 4) is 6.07 Å². The van der Waals surface area contributed by atoms with Crippen molar-refractivity contribution in [3.63, 3.8) is 0 Å².